The van der Waals surface area contributed by atoms with E-state index < -0.39 is 19.0 Å². The molecule has 0 aromatic carbocycles. The van der Waals surface area contributed by atoms with Crippen molar-refractivity contribution in [3.8, 4) is 5.88 Å². The number of pyridine rings is 1. The van der Waals surface area contributed by atoms with Gasteiger partial charge in [-0.05, 0) is 17.5 Å². The highest BCUT2D eigenvalue weighted by molar-refractivity contribution is 6.17. The summed E-state index contributed by atoms with van der Waals surface area (Å²) in [6.07, 6.45) is -3.77. The number of rotatable bonds is 6. The minimum Gasteiger partial charge on any atom is -0.471 e. The van der Waals surface area contributed by atoms with Crippen LogP contribution in [0.5, 0.6) is 5.88 Å². The second kappa shape index (κ2) is 6.41. The van der Waals surface area contributed by atoms with Crippen molar-refractivity contribution in [1.29, 1.82) is 0 Å². The van der Waals surface area contributed by atoms with Gasteiger partial charge in [-0.3, -0.25) is 0 Å². The standard InChI is InChI=1S/C12H14ClF4NO/c1-7(2)9-3-8(5-13)4-10(18-9)19-6-12(16,17)11(14)15/h3-4,7,11H,5-6H2,1-2H3. The smallest absolute Gasteiger partial charge is 0.340 e. The first-order valence-corrected chi connectivity index (χ1v) is 6.15. The first-order valence-electron chi connectivity index (χ1n) is 5.62. The van der Waals surface area contributed by atoms with E-state index in [1.165, 1.54) is 6.07 Å². The Kier molecular flexibility index (Phi) is 5.40. The van der Waals surface area contributed by atoms with Gasteiger partial charge in [0, 0.05) is 17.6 Å². The monoisotopic (exact) mass is 299 g/mol. The molecule has 108 valence electrons. The molecular formula is C12H14ClF4NO. The summed E-state index contributed by atoms with van der Waals surface area (Å²) in [5.74, 6) is -4.12. The first-order chi connectivity index (χ1) is 8.76. The van der Waals surface area contributed by atoms with Gasteiger partial charge in [-0.1, -0.05) is 13.8 Å². The minimum absolute atomic E-state index is 0.0427. The van der Waals surface area contributed by atoms with Crippen molar-refractivity contribution in [2.75, 3.05) is 6.61 Å². The summed E-state index contributed by atoms with van der Waals surface area (Å²) in [6.45, 7) is 2.30. The topological polar surface area (TPSA) is 22.1 Å². The molecule has 1 rings (SSSR count). The molecule has 0 fully saturated rings. The zero-order valence-corrected chi connectivity index (χ0v) is 11.2. The van der Waals surface area contributed by atoms with Crippen LogP contribution in [-0.2, 0) is 5.88 Å². The van der Waals surface area contributed by atoms with E-state index in [9.17, 15) is 17.6 Å². The lowest BCUT2D eigenvalue weighted by molar-refractivity contribution is -0.148. The fraction of sp³-hybridized carbons (Fsp3) is 0.583. The summed E-state index contributed by atoms with van der Waals surface area (Å²) in [5, 5.41) is 0. The number of ether oxygens (including phenoxy) is 1. The van der Waals surface area contributed by atoms with Gasteiger partial charge >= 0.3 is 12.3 Å². The third-order valence-electron chi connectivity index (χ3n) is 2.36. The Morgan fingerprint density at radius 2 is 1.95 bits per heavy atom. The Hall–Kier alpha value is -1.04. The van der Waals surface area contributed by atoms with Crippen molar-refractivity contribution < 1.29 is 22.3 Å². The van der Waals surface area contributed by atoms with Gasteiger partial charge in [0.15, 0.2) is 6.61 Å². The molecule has 0 aliphatic carbocycles. The molecule has 0 aliphatic heterocycles. The van der Waals surface area contributed by atoms with Crippen LogP contribution in [0.2, 0.25) is 0 Å². The zero-order valence-electron chi connectivity index (χ0n) is 10.5. The first kappa shape index (κ1) is 16.0. The number of halogens is 5. The number of nitrogens with zero attached hydrogens (tertiary/aromatic N) is 1. The molecule has 1 aromatic heterocycles. The number of aromatic nitrogens is 1. The molecule has 2 nitrogen and oxygen atoms in total. The van der Waals surface area contributed by atoms with Crippen LogP contribution < -0.4 is 4.74 Å². The molecule has 0 spiro atoms. The lowest BCUT2D eigenvalue weighted by Gasteiger charge is -2.16. The zero-order chi connectivity index (χ0) is 14.6. The highest BCUT2D eigenvalue weighted by Gasteiger charge is 2.41. The third kappa shape index (κ3) is 4.53. The average molecular weight is 300 g/mol. The van der Waals surface area contributed by atoms with Crippen molar-refractivity contribution >= 4 is 11.6 Å². The summed E-state index contributed by atoms with van der Waals surface area (Å²) in [4.78, 5) is 3.98. The van der Waals surface area contributed by atoms with Gasteiger partial charge in [0.05, 0.1) is 0 Å². The van der Waals surface area contributed by atoms with Gasteiger partial charge in [0.2, 0.25) is 5.88 Å². The number of hydrogen-bond donors (Lipinski definition) is 0. The summed E-state index contributed by atoms with van der Waals surface area (Å²) in [7, 11) is 0. The van der Waals surface area contributed by atoms with Crippen LogP contribution in [0, 0.1) is 0 Å². The van der Waals surface area contributed by atoms with Crippen LogP contribution >= 0.6 is 11.6 Å². The Morgan fingerprint density at radius 3 is 2.42 bits per heavy atom. The van der Waals surface area contributed by atoms with Crippen molar-refractivity contribution in [1.82, 2.24) is 4.98 Å². The van der Waals surface area contributed by atoms with Gasteiger partial charge in [-0.15, -0.1) is 11.6 Å². The van der Waals surface area contributed by atoms with Gasteiger partial charge < -0.3 is 4.74 Å². The molecule has 7 heteroatoms. The van der Waals surface area contributed by atoms with E-state index in [0.717, 1.165) is 0 Å². The fourth-order valence-corrected chi connectivity index (χ4v) is 1.42. The van der Waals surface area contributed by atoms with Crippen LogP contribution in [0.3, 0.4) is 0 Å². The molecule has 0 atom stereocenters. The molecule has 19 heavy (non-hydrogen) atoms. The van der Waals surface area contributed by atoms with E-state index in [4.69, 9.17) is 11.6 Å². The van der Waals surface area contributed by atoms with Gasteiger partial charge in [0.1, 0.15) is 0 Å². The van der Waals surface area contributed by atoms with E-state index in [2.05, 4.69) is 9.72 Å². The molecule has 0 aliphatic rings. The predicted molar refractivity (Wildman–Crippen MR) is 64.3 cm³/mol. The Balaban J connectivity index is 2.86. The highest BCUT2D eigenvalue weighted by Crippen LogP contribution is 2.25. The molecule has 0 saturated carbocycles. The predicted octanol–water partition coefficient (Wildman–Crippen LogP) is 4.22. The highest BCUT2D eigenvalue weighted by atomic mass is 35.5. The van der Waals surface area contributed by atoms with E-state index >= 15 is 0 Å². The summed E-state index contributed by atoms with van der Waals surface area (Å²) in [5.41, 5.74) is 1.24. The minimum atomic E-state index is -4.20. The van der Waals surface area contributed by atoms with Crippen molar-refractivity contribution in [3.63, 3.8) is 0 Å². The fourth-order valence-electron chi connectivity index (χ4n) is 1.26. The summed E-state index contributed by atoms with van der Waals surface area (Å²) >= 11 is 5.66. The normalized spacial score (nSPS) is 12.3. The van der Waals surface area contributed by atoms with Crippen molar-refractivity contribution in [2.24, 2.45) is 0 Å². The molecule has 0 saturated heterocycles. The lowest BCUT2D eigenvalue weighted by Crippen LogP contribution is -2.34. The number of hydrogen-bond acceptors (Lipinski definition) is 2. The maximum atomic E-state index is 12.7. The maximum Gasteiger partial charge on any atom is 0.340 e. The molecule has 0 unspecified atom stereocenters. The van der Waals surface area contributed by atoms with E-state index in [1.54, 1.807) is 6.07 Å². The SMILES string of the molecule is CC(C)c1cc(CCl)cc(OCC(F)(F)C(F)F)n1. The molecule has 0 amide bonds. The largest absolute Gasteiger partial charge is 0.471 e. The van der Waals surface area contributed by atoms with Crippen LogP contribution in [0.1, 0.15) is 31.0 Å². The lowest BCUT2D eigenvalue weighted by atomic mass is 10.1. The van der Waals surface area contributed by atoms with E-state index in [1.807, 2.05) is 13.8 Å². The Bertz CT molecular complexity index is 426. The Morgan fingerprint density at radius 1 is 1.32 bits per heavy atom. The molecule has 1 aromatic rings. The van der Waals surface area contributed by atoms with Crippen molar-refractivity contribution in [2.45, 2.75) is 38.0 Å². The van der Waals surface area contributed by atoms with Gasteiger partial charge in [-0.25, -0.2) is 13.8 Å². The molecule has 0 N–H and O–H groups in total. The van der Waals surface area contributed by atoms with Gasteiger partial charge in [-0.2, -0.15) is 8.78 Å². The molecular weight excluding hydrogens is 286 g/mol. The summed E-state index contributed by atoms with van der Waals surface area (Å²) in [6, 6.07) is 3.08. The van der Waals surface area contributed by atoms with Crippen LogP contribution in [0.4, 0.5) is 17.6 Å². The Labute approximate surface area is 113 Å². The molecule has 0 radical (unpaired) electrons. The molecule has 0 bridgehead atoms. The van der Waals surface area contributed by atoms with E-state index in [0.29, 0.717) is 11.3 Å². The van der Waals surface area contributed by atoms with Gasteiger partial charge in [0.25, 0.3) is 0 Å². The second-order valence-corrected chi connectivity index (χ2v) is 4.64. The van der Waals surface area contributed by atoms with Crippen LogP contribution in [-0.4, -0.2) is 23.9 Å². The van der Waals surface area contributed by atoms with Crippen LogP contribution in [0.25, 0.3) is 0 Å². The average Bonchev–Trinajstić information content (AvgIpc) is 2.35. The third-order valence-corrected chi connectivity index (χ3v) is 2.67. The number of alkyl halides is 5. The second-order valence-electron chi connectivity index (χ2n) is 4.38. The van der Waals surface area contributed by atoms with E-state index in [-0.39, 0.29) is 17.7 Å². The maximum absolute atomic E-state index is 12.7. The van der Waals surface area contributed by atoms with Crippen LogP contribution in [0.15, 0.2) is 12.1 Å². The summed E-state index contributed by atoms with van der Waals surface area (Å²) < 4.78 is 54.1. The quantitative estimate of drug-likeness (QED) is 0.579. The molecule has 1 heterocycles. The van der Waals surface area contributed by atoms with Crippen molar-refractivity contribution in [3.05, 3.63) is 23.4 Å².